The zero-order valence-corrected chi connectivity index (χ0v) is 25.0. The molecule has 4 rings (SSSR count). The number of carbonyl (C=O) groups is 4. The molecule has 0 unspecified atom stereocenters. The van der Waals surface area contributed by atoms with Gasteiger partial charge in [0.05, 0.1) is 24.4 Å². The number of para-hydroxylation sites is 2. The molecule has 1 aromatic heterocycles. The summed E-state index contributed by atoms with van der Waals surface area (Å²) in [6.07, 6.45) is 0.814. The zero-order chi connectivity index (χ0) is 31.7. The zero-order valence-electron chi connectivity index (χ0n) is 25.0. The lowest BCUT2D eigenvalue weighted by atomic mass is 10.2. The van der Waals surface area contributed by atoms with Gasteiger partial charge in [-0.15, -0.1) is 0 Å². The number of urea groups is 1. The van der Waals surface area contributed by atoms with Crippen molar-refractivity contribution in [3.63, 3.8) is 0 Å². The molecule has 1 aliphatic rings. The molecule has 4 amide bonds. The molecule has 232 valence electrons. The monoisotopic (exact) mass is 605 g/mol. The van der Waals surface area contributed by atoms with Gasteiger partial charge in [-0.1, -0.05) is 18.2 Å². The number of benzene rings is 2. The third-order valence-electron chi connectivity index (χ3n) is 6.04. The number of rotatable bonds is 10. The van der Waals surface area contributed by atoms with Crippen LogP contribution in [0.5, 0.6) is 11.5 Å². The van der Waals surface area contributed by atoms with Gasteiger partial charge >= 0.3 is 18.1 Å². The summed E-state index contributed by atoms with van der Waals surface area (Å²) >= 11 is 0. The van der Waals surface area contributed by atoms with E-state index in [1.165, 1.54) is 17.2 Å². The largest absolute Gasteiger partial charge is 0.466 e. The summed E-state index contributed by atoms with van der Waals surface area (Å²) in [6, 6.07) is 14.5. The highest BCUT2D eigenvalue weighted by atomic mass is 16.7. The second-order valence-corrected chi connectivity index (χ2v) is 10.7. The van der Waals surface area contributed by atoms with E-state index in [0.29, 0.717) is 34.1 Å². The maximum absolute atomic E-state index is 13.2. The number of nitrogens with one attached hydrogen (secondary N) is 3. The van der Waals surface area contributed by atoms with E-state index in [2.05, 4.69) is 20.9 Å². The van der Waals surface area contributed by atoms with Crippen molar-refractivity contribution < 1.29 is 38.1 Å². The van der Waals surface area contributed by atoms with Crippen LogP contribution in [0.4, 0.5) is 26.7 Å². The Hall–Kier alpha value is -5.33. The number of aromatic nitrogens is 1. The molecule has 0 bridgehead atoms. The van der Waals surface area contributed by atoms with Gasteiger partial charge in [0.15, 0.2) is 11.5 Å². The van der Waals surface area contributed by atoms with Crippen LogP contribution >= 0.6 is 0 Å². The Balaban J connectivity index is 1.42. The molecule has 13 nitrogen and oxygen atoms in total. The lowest BCUT2D eigenvalue weighted by Gasteiger charge is -2.23. The molecule has 0 aliphatic carbocycles. The van der Waals surface area contributed by atoms with Crippen molar-refractivity contribution in [1.82, 2.24) is 9.88 Å². The highest BCUT2D eigenvalue weighted by molar-refractivity contribution is 6.05. The number of pyridine rings is 1. The number of carbonyl (C=O) groups excluding carboxylic acids is 4. The first kappa shape index (κ1) is 31.6. The van der Waals surface area contributed by atoms with Gasteiger partial charge in [0.1, 0.15) is 11.3 Å². The molecule has 13 heteroatoms. The maximum Gasteiger partial charge on any atom is 0.412 e. The lowest BCUT2D eigenvalue weighted by molar-refractivity contribution is -0.143. The van der Waals surface area contributed by atoms with Crippen molar-refractivity contribution in [3.8, 4) is 11.5 Å². The molecule has 0 fully saturated rings. The van der Waals surface area contributed by atoms with Crippen LogP contribution in [-0.4, -0.2) is 59.4 Å². The van der Waals surface area contributed by atoms with Crippen molar-refractivity contribution >= 4 is 41.1 Å². The summed E-state index contributed by atoms with van der Waals surface area (Å²) in [5.41, 5.74) is 1.26. The predicted molar refractivity (Wildman–Crippen MR) is 162 cm³/mol. The Kier molecular flexibility index (Phi) is 10.2. The molecule has 3 N–H and O–H groups in total. The van der Waals surface area contributed by atoms with Crippen LogP contribution in [0.2, 0.25) is 0 Å². The van der Waals surface area contributed by atoms with Crippen LogP contribution in [0.15, 0.2) is 60.8 Å². The highest BCUT2D eigenvalue weighted by Crippen LogP contribution is 2.34. The van der Waals surface area contributed by atoms with E-state index in [4.69, 9.17) is 18.9 Å². The molecule has 44 heavy (non-hydrogen) atoms. The topological polar surface area (TPSA) is 157 Å². The van der Waals surface area contributed by atoms with Crippen molar-refractivity contribution in [2.24, 2.45) is 0 Å². The van der Waals surface area contributed by atoms with Gasteiger partial charge in [-0.05, 0) is 63.6 Å². The first-order valence-corrected chi connectivity index (χ1v) is 14.0. The molecule has 0 saturated carbocycles. The average Bonchev–Trinajstić information content (AvgIpc) is 3.44. The maximum atomic E-state index is 13.2. The van der Waals surface area contributed by atoms with Crippen molar-refractivity contribution in [2.45, 2.75) is 46.3 Å². The number of hydrogen-bond donors (Lipinski definition) is 3. The van der Waals surface area contributed by atoms with Gasteiger partial charge < -0.3 is 34.5 Å². The number of nitrogens with zero attached hydrogens (tertiary/aromatic N) is 2. The molecule has 3 aromatic rings. The first-order valence-electron chi connectivity index (χ1n) is 14.0. The van der Waals surface area contributed by atoms with E-state index in [-0.39, 0.29) is 38.6 Å². The van der Waals surface area contributed by atoms with Crippen LogP contribution in [0.25, 0.3) is 0 Å². The summed E-state index contributed by atoms with van der Waals surface area (Å²) in [6.45, 7) is 7.49. The number of hydrogen-bond acceptors (Lipinski definition) is 9. The van der Waals surface area contributed by atoms with Gasteiger partial charge in [-0.3, -0.25) is 19.9 Å². The second kappa shape index (κ2) is 14.2. The molecule has 0 radical (unpaired) electrons. The standard InChI is InChI=1S/C31H35N5O8/c1-5-41-27(37)14-15-36(29(39)33-21-11-13-25-26(16-21)43-19-42-25)18-20-10-12-24(32-17-20)28(38)34-22-8-6-7-9-23(22)35-30(40)44-31(2,3)4/h6-13,16-17H,5,14-15,18-19H2,1-4H3,(H,33,39)(H,34,38)(H,35,40). The van der Waals surface area contributed by atoms with Gasteiger partial charge in [0.25, 0.3) is 5.91 Å². The summed E-state index contributed by atoms with van der Waals surface area (Å²) < 4.78 is 21.0. The van der Waals surface area contributed by atoms with E-state index in [9.17, 15) is 19.2 Å². The second-order valence-electron chi connectivity index (χ2n) is 10.7. The lowest BCUT2D eigenvalue weighted by Crippen LogP contribution is -2.36. The van der Waals surface area contributed by atoms with Gasteiger partial charge in [-0.2, -0.15) is 0 Å². The van der Waals surface area contributed by atoms with Crippen molar-refractivity contribution in [1.29, 1.82) is 0 Å². The Labute approximate surface area is 254 Å². The van der Waals surface area contributed by atoms with Gasteiger partial charge in [0.2, 0.25) is 6.79 Å². The molecule has 2 heterocycles. The van der Waals surface area contributed by atoms with Crippen LogP contribution in [0, 0.1) is 0 Å². The van der Waals surface area contributed by atoms with Crippen molar-refractivity contribution in [2.75, 3.05) is 35.9 Å². The number of anilines is 3. The Morgan fingerprint density at radius 3 is 2.34 bits per heavy atom. The molecule has 0 spiro atoms. The minimum Gasteiger partial charge on any atom is -0.466 e. The van der Waals surface area contributed by atoms with Crippen LogP contribution in [0.1, 0.15) is 50.2 Å². The quantitative estimate of drug-likeness (QED) is 0.258. The third-order valence-corrected chi connectivity index (χ3v) is 6.04. The summed E-state index contributed by atoms with van der Waals surface area (Å²) in [5.74, 6) is 0.164. The molecular weight excluding hydrogens is 570 g/mol. The highest BCUT2D eigenvalue weighted by Gasteiger charge is 2.21. The average molecular weight is 606 g/mol. The van der Waals surface area contributed by atoms with Crippen molar-refractivity contribution in [3.05, 3.63) is 72.1 Å². The number of amides is 4. The Bertz CT molecular complexity index is 1500. The fourth-order valence-corrected chi connectivity index (χ4v) is 4.06. The predicted octanol–water partition coefficient (Wildman–Crippen LogP) is 5.40. The van der Waals surface area contributed by atoms with Gasteiger partial charge in [-0.25, -0.2) is 9.59 Å². The minimum atomic E-state index is -0.686. The fourth-order valence-electron chi connectivity index (χ4n) is 4.06. The van der Waals surface area contributed by atoms with Crippen LogP contribution in [0.3, 0.4) is 0 Å². The fraction of sp³-hybridized carbons (Fsp3) is 0.323. The SMILES string of the molecule is CCOC(=O)CCN(Cc1ccc(C(=O)Nc2ccccc2NC(=O)OC(C)(C)C)nc1)C(=O)Nc1ccc2c(c1)OCO2. The summed E-state index contributed by atoms with van der Waals surface area (Å²) in [5, 5.41) is 8.19. The summed E-state index contributed by atoms with van der Waals surface area (Å²) in [4.78, 5) is 56.2. The van der Waals surface area contributed by atoms with E-state index in [1.807, 2.05) is 0 Å². The van der Waals surface area contributed by atoms with E-state index < -0.39 is 29.6 Å². The van der Waals surface area contributed by atoms with E-state index in [0.717, 1.165) is 0 Å². The molecule has 0 atom stereocenters. The first-order chi connectivity index (χ1) is 21.0. The molecule has 2 aromatic carbocycles. The number of esters is 1. The van der Waals surface area contributed by atoms with E-state index in [1.54, 1.807) is 76.2 Å². The normalized spacial score (nSPS) is 11.7. The van der Waals surface area contributed by atoms with Gasteiger partial charge in [0, 0.05) is 31.0 Å². The summed E-state index contributed by atoms with van der Waals surface area (Å²) in [7, 11) is 0. The number of ether oxygens (including phenoxy) is 4. The Morgan fingerprint density at radius 1 is 0.932 bits per heavy atom. The molecule has 1 aliphatic heterocycles. The van der Waals surface area contributed by atoms with E-state index >= 15 is 0 Å². The minimum absolute atomic E-state index is 0.00689. The Morgan fingerprint density at radius 2 is 1.66 bits per heavy atom. The number of fused-ring (bicyclic) bond motifs is 1. The third kappa shape index (κ3) is 9.08. The smallest absolute Gasteiger partial charge is 0.412 e. The molecular formula is C31H35N5O8. The van der Waals surface area contributed by atoms with Crippen LogP contribution < -0.4 is 25.4 Å². The van der Waals surface area contributed by atoms with Crippen LogP contribution in [-0.2, 0) is 20.8 Å². The molecule has 0 saturated heterocycles.